The van der Waals surface area contributed by atoms with Crippen molar-refractivity contribution < 1.29 is 23.7 Å². The van der Waals surface area contributed by atoms with E-state index in [4.69, 9.17) is 18.9 Å². The van der Waals surface area contributed by atoms with Gasteiger partial charge in [0.1, 0.15) is 11.8 Å². The molecule has 1 atom stereocenters. The molecule has 0 bridgehead atoms. The monoisotopic (exact) mass is 309 g/mol. The maximum atomic E-state index is 12.0. The Bertz CT molecular complexity index is 558. The number of hydrogen-bond donors (Lipinski definition) is 0. The lowest BCUT2D eigenvalue weighted by Gasteiger charge is -2.28. The Kier molecular flexibility index (Phi) is 5.00. The van der Waals surface area contributed by atoms with Gasteiger partial charge in [0.2, 0.25) is 0 Å². The summed E-state index contributed by atoms with van der Waals surface area (Å²) in [5.74, 6) is 1.71. The van der Waals surface area contributed by atoms with Crippen molar-refractivity contribution in [3.8, 4) is 17.2 Å². The van der Waals surface area contributed by atoms with Crippen molar-refractivity contribution in [3.05, 3.63) is 11.6 Å². The molecule has 2 rings (SSSR count). The van der Waals surface area contributed by atoms with Crippen LogP contribution in [0.1, 0.15) is 18.4 Å². The molecule has 0 radical (unpaired) electrons. The third-order valence-electron chi connectivity index (χ3n) is 4.07. The molecule has 1 aliphatic rings. The van der Waals surface area contributed by atoms with Gasteiger partial charge in [-0.2, -0.15) is 0 Å². The highest BCUT2D eigenvalue weighted by Gasteiger charge is 2.34. The van der Waals surface area contributed by atoms with E-state index in [0.717, 1.165) is 30.6 Å². The molecule has 0 N–H and O–H groups in total. The van der Waals surface area contributed by atoms with Crippen molar-refractivity contribution in [3.63, 3.8) is 0 Å². The summed E-state index contributed by atoms with van der Waals surface area (Å²) in [7, 11) is 6.21. The Morgan fingerprint density at radius 1 is 1.14 bits per heavy atom. The first-order valence-electron chi connectivity index (χ1n) is 7.23. The summed E-state index contributed by atoms with van der Waals surface area (Å²) in [5, 5.41) is 0. The Morgan fingerprint density at radius 2 is 1.82 bits per heavy atom. The third kappa shape index (κ3) is 2.65. The van der Waals surface area contributed by atoms with Crippen molar-refractivity contribution in [2.24, 2.45) is 0 Å². The predicted octanol–water partition coefficient (Wildman–Crippen LogP) is 2.16. The summed E-state index contributed by atoms with van der Waals surface area (Å²) in [4.78, 5) is 14.0. The topological polar surface area (TPSA) is 57.2 Å². The molecule has 0 spiro atoms. The van der Waals surface area contributed by atoms with Gasteiger partial charge in [0.05, 0.1) is 34.1 Å². The zero-order valence-corrected chi connectivity index (χ0v) is 13.8. The molecule has 22 heavy (non-hydrogen) atoms. The van der Waals surface area contributed by atoms with Gasteiger partial charge >= 0.3 is 5.97 Å². The van der Waals surface area contributed by atoms with Crippen molar-refractivity contribution in [2.75, 3.05) is 39.9 Å². The summed E-state index contributed by atoms with van der Waals surface area (Å²) >= 11 is 0. The van der Waals surface area contributed by atoms with Gasteiger partial charge < -0.3 is 23.8 Å². The smallest absolute Gasteiger partial charge is 0.328 e. The zero-order valence-electron chi connectivity index (χ0n) is 13.8. The average molecular weight is 309 g/mol. The molecule has 0 aliphatic carbocycles. The van der Waals surface area contributed by atoms with Crippen LogP contribution in [-0.4, -0.2) is 47.0 Å². The Hall–Kier alpha value is -2.11. The van der Waals surface area contributed by atoms with E-state index in [9.17, 15) is 4.79 Å². The summed E-state index contributed by atoms with van der Waals surface area (Å²) < 4.78 is 21.3. The SMILES string of the molecule is COC(=O)C1CCCN1c1cc(OC)c(OC)c(C)c1OC. The van der Waals surface area contributed by atoms with E-state index < -0.39 is 0 Å². The summed E-state index contributed by atoms with van der Waals surface area (Å²) in [6.07, 6.45) is 1.69. The molecule has 1 aromatic carbocycles. The van der Waals surface area contributed by atoms with Crippen molar-refractivity contribution >= 4 is 11.7 Å². The second kappa shape index (κ2) is 6.77. The predicted molar refractivity (Wildman–Crippen MR) is 83.2 cm³/mol. The van der Waals surface area contributed by atoms with Gasteiger partial charge in [0.15, 0.2) is 11.5 Å². The highest BCUT2D eigenvalue weighted by atomic mass is 16.5. The van der Waals surface area contributed by atoms with Gasteiger partial charge in [-0.25, -0.2) is 4.79 Å². The van der Waals surface area contributed by atoms with E-state index in [2.05, 4.69) is 0 Å². The second-order valence-electron chi connectivity index (χ2n) is 5.16. The number of esters is 1. The van der Waals surface area contributed by atoms with Crippen LogP contribution >= 0.6 is 0 Å². The number of ether oxygens (including phenoxy) is 4. The molecule has 1 aliphatic heterocycles. The molecule has 122 valence electrons. The van der Waals surface area contributed by atoms with Gasteiger partial charge in [0, 0.05) is 18.2 Å². The quantitative estimate of drug-likeness (QED) is 0.777. The molecule has 1 heterocycles. The van der Waals surface area contributed by atoms with E-state index in [0.29, 0.717) is 17.2 Å². The molecule has 1 saturated heterocycles. The summed E-state index contributed by atoms with van der Waals surface area (Å²) in [6, 6.07) is 1.56. The first-order valence-corrected chi connectivity index (χ1v) is 7.23. The minimum atomic E-state index is -0.295. The van der Waals surface area contributed by atoms with E-state index in [1.165, 1.54) is 7.11 Å². The number of methoxy groups -OCH3 is 4. The van der Waals surface area contributed by atoms with Crippen LogP contribution in [0.15, 0.2) is 6.07 Å². The molecule has 1 unspecified atom stereocenters. The first-order chi connectivity index (χ1) is 10.6. The number of benzene rings is 1. The minimum Gasteiger partial charge on any atom is -0.494 e. The second-order valence-corrected chi connectivity index (χ2v) is 5.16. The molecular weight excluding hydrogens is 286 g/mol. The Morgan fingerprint density at radius 3 is 2.36 bits per heavy atom. The lowest BCUT2D eigenvalue weighted by molar-refractivity contribution is -0.141. The Balaban J connectivity index is 2.54. The summed E-state index contributed by atoms with van der Waals surface area (Å²) in [6.45, 7) is 2.68. The lowest BCUT2D eigenvalue weighted by Crippen LogP contribution is -2.37. The van der Waals surface area contributed by atoms with Crippen LogP contribution in [0.4, 0.5) is 5.69 Å². The Labute approximate surface area is 130 Å². The van der Waals surface area contributed by atoms with Gasteiger partial charge in [-0.15, -0.1) is 0 Å². The molecule has 6 heteroatoms. The molecule has 6 nitrogen and oxygen atoms in total. The fourth-order valence-corrected chi connectivity index (χ4v) is 3.05. The van der Waals surface area contributed by atoms with Gasteiger partial charge in [-0.1, -0.05) is 0 Å². The highest BCUT2D eigenvalue weighted by molar-refractivity contribution is 5.83. The summed E-state index contributed by atoms with van der Waals surface area (Å²) in [5.41, 5.74) is 1.67. The van der Waals surface area contributed by atoms with Crippen molar-refractivity contribution in [1.82, 2.24) is 0 Å². The van der Waals surface area contributed by atoms with Crippen molar-refractivity contribution in [2.45, 2.75) is 25.8 Å². The van der Waals surface area contributed by atoms with Crippen LogP contribution in [0.3, 0.4) is 0 Å². The molecule has 1 fully saturated rings. The molecule has 0 saturated carbocycles. The maximum Gasteiger partial charge on any atom is 0.328 e. The van der Waals surface area contributed by atoms with Crippen LogP contribution in [0, 0.1) is 6.92 Å². The first kappa shape index (κ1) is 16.3. The third-order valence-corrected chi connectivity index (χ3v) is 4.07. The minimum absolute atomic E-state index is 0.230. The zero-order chi connectivity index (χ0) is 16.3. The number of carbonyl (C=O) groups excluding carboxylic acids is 1. The van der Waals surface area contributed by atoms with Gasteiger partial charge in [-0.3, -0.25) is 0 Å². The van der Waals surface area contributed by atoms with Gasteiger partial charge in [0.25, 0.3) is 0 Å². The normalized spacial score (nSPS) is 17.3. The molecule has 0 aromatic heterocycles. The van der Waals surface area contributed by atoms with Crippen LogP contribution in [-0.2, 0) is 9.53 Å². The number of nitrogens with zero attached hydrogens (tertiary/aromatic N) is 1. The standard InChI is InChI=1S/C16H23NO5/c1-10-14(20-3)12(9-13(19-2)15(10)21-4)17-8-6-7-11(17)16(18)22-5/h9,11H,6-8H2,1-5H3. The van der Waals surface area contributed by atoms with E-state index >= 15 is 0 Å². The lowest BCUT2D eigenvalue weighted by atomic mass is 10.1. The molecular formula is C16H23NO5. The number of anilines is 1. The van der Waals surface area contributed by atoms with Gasteiger partial charge in [-0.05, 0) is 19.8 Å². The molecule has 1 aromatic rings. The van der Waals surface area contributed by atoms with E-state index in [1.807, 2.05) is 17.9 Å². The fraction of sp³-hybridized carbons (Fsp3) is 0.562. The molecule has 0 amide bonds. The fourth-order valence-electron chi connectivity index (χ4n) is 3.05. The largest absolute Gasteiger partial charge is 0.494 e. The van der Waals surface area contributed by atoms with Crippen LogP contribution in [0.25, 0.3) is 0 Å². The van der Waals surface area contributed by atoms with Crippen LogP contribution < -0.4 is 19.1 Å². The highest BCUT2D eigenvalue weighted by Crippen LogP contribution is 2.45. The number of rotatable bonds is 5. The van der Waals surface area contributed by atoms with E-state index in [1.54, 1.807) is 21.3 Å². The van der Waals surface area contributed by atoms with E-state index in [-0.39, 0.29) is 12.0 Å². The maximum absolute atomic E-state index is 12.0. The van der Waals surface area contributed by atoms with Crippen LogP contribution in [0.2, 0.25) is 0 Å². The van der Waals surface area contributed by atoms with Crippen molar-refractivity contribution in [1.29, 1.82) is 0 Å². The number of carbonyl (C=O) groups is 1. The number of hydrogen-bond acceptors (Lipinski definition) is 6. The average Bonchev–Trinajstić information content (AvgIpc) is 3.02. The van der Waals surface area contributed by atoms with Crippen LogP contribution in [0.5, 0.6) is 17.2 Å².